The van der Waals surface area contributed by atoms with Crippen LogP contribution in [-0.4, -0.2) is 19.8 Å². The van der Waals surface area contributed by atoms with E-state index in [1.54, 1.807) is 6.07 Å². The zero-order valence-electron chi connectivity index (χ0n) is 9.52. The number of aromatic nitrogens is 2. The summed E-state index contributed by atoms with van der Waals surface area (Å²) < 4.78 is 0. The van der Waals surface area contributed by atoms with Gasteiger partial charge >= 0.3 is 5.82 Å². The van der Waals surface area contributed by atoms with E-state index in [1.807, 2.05) is 0 Å². The van der Waals surface area contributed by atoms with Crippen LogP contribution in [0.5, 0.6) is 0 Å². The number of imidazole rings is 1. The largest absolute Gasteiger partial charge is 0.358 e. The quantitative estimate of drug-likeness (QED) is 0.669. The molecule has 0 fully saturated rings. The Bertz CT molecular complexity index is 662. The van der Waals surface area contributed by atoms with Crippen LogP contribution in [0, 0.1) is 20.2 Å². The van der Waals surface area contributed by atoms with Crippen molar-refractivity contribution in [2.75, 3.05) is 0 Å². The first kappa shape index (κ1) is 12.4. The lowest BCUT2D eigenvalue weighted by Crippen LogP contribution is -1.90. The van der Waals surface area contributed by atoms with E-state index >= 15 is 0 Å². The zero-order valence-corrected chi connectivity index (χ0v) is 9.52. The number of hydrogen-bond donors (Lipinski definition) is 1. The molecule has 2 aromatic rings. The summed E-state index contributed by atoms with van der Waals surface area (Å²) in [5, 5.41) is 21.3. The molecule has 0 aliphatic carbocycles. The van der Waals surface area contributed by atoms with E-state index in [0.717, 1.165) is 0 Å². The summed E-state index contributed by atoms with van der Waals surface area (Å²) in [6, 6.07) is 5.93. The molecule has 8 nitrogen and oxygen atoms in total. The number of hydrogen-bond acceptors (Lipinski definition) is 5. The molecule has 0 saturated carbocycles. The number of non-ortho nitro benzene ring substituents is 1. The predicted octanol–water partition coefficient (Wildman–Crippen LogP) is 2.40. The first-order valence-corrected chi connectivity index (χ1v) is 5.18. The van der Waals surface area contributed by atoms with E-state index in [-0.39, 0.29) is 17.2 Å². The molecular weight excluding hydrogens is 252 g/mol. The molecule has 1 heterocycles. The van der Waals surface area contributed by atoms with Gasteiger partial charge in [-0.2, -0.15) is 0 Å². The Kier molecular flexibility index (Phi) is 3.33. The highest BCUT2D eigenvalue weighted by molar-refractivity contribution is 5.71. The van der Waals surface area contributed by atoms with Crippen LogP contribution < -0.4 is 0 Å². The lowest BCUT2D eigenvalue weighted by atomic mass is 10.2. The number of nitrogens with one attached hydrogen (secondary N) is 1. The molecule has 96 valence electrons. The minimum absolute atomic E-state index is 0.0429. The third-order valence-corrected chi connectivity index (χ3v) is 2.34. The lowest BCUT2D eigenvalue weighted by Gasteiger charge is -1.94. The minimum Gasteiger partial charge on any atom is -0.358 e. The second-order valence-electron chi connectivity index (χ2n) is 3.58. The number of nitro benzene ring substituents is 1. The summed E-state index contributed by atoms with van der Waals surface area (Å²) in [5.74, 6) is -0.221. The van der Waals surface area contributed by atoms with E-state index in [4.69, 9.17) is 0 Å². The number of nitrogens with zero attached hydrogens (tertiary/aromatic N) is 3. The zero-order chi connectivity index (χ0) is 13.8. The first-order chi connectivity index (χ1) is 9.08. The lowest BCUT2D eigenvalue weighted by molar-refractivity contribution is -0.389. The molecule has 0 unspecified atom stereocenters. The molecule has 0 aliphatic heterocycles. The van der Waals surface area contributed by atoms with Crippen LogP contribution in [0.2, 0.25) is 0 Å². The van der Waals surface area contributed by atoms with Crippen LogP contribution in [0.25, 0.3) is 12.2 Å². The summed E-state index contributed by atoms with van der Waals surface area (Å²) in [7, 11) is 0. The fourth-order valence-corrected chi connectivity index (χ4v) is 1.48. The van der Waals surface area contributed by atoms with Crippen LogP contribution in [0.3, 0.4) is 0 Å². The number of nitro groups is 2. The highest BCUT2D eigenvalue weighted by atomic mass is 16.6. The molecule has 0 radical (unpaired) electrons. The maximum absolute atomic E-state index is 10.6. The van der Waals surface area contributed by atoms with Crippen molar-refractivity contribution >= 4 is 23.7 Å². The van der Waals surface area contributed by atoms with E-state index in [2.05, 4.69) is 9.97 Å². The van der Waals surface area contributed by atoms with Crippen molar-refractivity contribution in [1.29, 1.82) is 0 Å². The second-order valence-corrected chi connectivity index (χ2v) is 3.58. The maximum Gasteiger partial charge on any atom is 0.347 e. The van der Waals surface area contributed by atoms with Gasteiger partial charge in [0.15, 0.2) is 12.0 Å². The minimum atomic E-state index is -0.583. The van der Waals surface area contributed by atoms with Gasteiger partial charge in [-0.15, -0.1) is 0 Å². The molecule has 0 aliphatic rings. The smallest absolute Gasteiger partial charge is 0.347 e. The molecule has 1 aromatic heterocycles. The van der Waals surface area contributed by atoms with Crippen molar-refractivity contribution < 1.29 is 9.85 Å². The molecule has 1 N–H and O–H groups in total. The van der Waals surface area contributed by atoms with E-state index < -0.39 is 9.85 Å². The summed E-state index contributed by atoms with van der Waals surface area (Å²) in [6.45, 7) is 0. The summed E-state index contributed by atoms with van der Waals surface area (Å²) in [6.07, 6.45) is 4.16. The van der Waals surface area contributed by atoms with Gasteiger partial charge in [-0.3, -0.25) is 10.1 Å². The first-order valence-electron chi connectivity index (χ1n) is 5.18. The Morgan fingerprint density at radius 3 is 2.63 bits per heavy atom. The van der Waals surface area contributed by atoms with E-state index in [9.17, 15) is 20.2 Å². The highest BCUT2D eigenvalue weighted by Crippen LogP contribution is 2.18. The van der Waals surface area contributed by atoms with Gasteiger partial charge in [0.2, 0.25) is 0 Å². The summed E-state index contributed by atoms with van der Waals surface area (Å²) in [5.41, 5.74) is 0.682. The van der Waals surface area contributed by atoms with Crippen molar-refractivity contribution in [2.24, 2.45) is 0 Å². The number of H-pyrrole nitrogens is 1. The van der Waals surface area contributed by atoms with Gasteiger partial charge in [0, 0.05) is 12.1 Å². The normalized spacial score (nSPS) is 10.7. The number of aromatic amines is 1. The van der Waals surface area contributed by atoms with Crippen LogP contribution in [-0.2, 0) is 0 Å². The second kappa shape index (κ2) is 5.08. The standard InChI is InChI=1S/C11H8N4O4/c16-14(17)9-3-1-2-8(6-9)4-5-10-11(15(18)19)13-7-12-10/h1-7H,(H,12,13)/b5-4+. The molecule has 0 atom stereocenters. The van der Waals surface area contributed by atoms with E-state index in [1.165, 1.54) is 36.7 Å². The Balaban J connectivity index is 2.27. The fraction of sp³-hybridized carbons (Fsp3) is 0. The molecule has 2 rings (SSSR count). The van der Waals surface area contributed by atoms with Gasteiger partial charge in [0.1, 0.15) is 0 Å². The summed E-state index contributed by atoms with van der Waals surface area (Å²) >= 11 is 0. The summed E-state index contributed by atoms with van der Waals surface area (Å²) in [4.78, 5) is 26.4. The maximum atomic E-state index is 10.6. The van der Waals surface area contributed by atoms with Crippen molar-refractivity contribution in [3.63, 3.8) is 0 Å². The average Bonchev–Trinajstić information content (AvgIpc) is 2.85. The molecular formula is C11H8N4O4. The monoisotopic (exact) mass is 260 g/mol. The molecule has 1 aromatic carbocycles. The van der Waals surface area contributed by atoms with Gasteiger partial charge in [-0.05, 0) is 16.6 Å². The SMILES string of the molecule is O=[N+]([O-])c1cccc(/C=C/c2nc[nH]c2[N+](=O)[O-])c1. The molecule has 8 heteroatoms. The van der Waals surface area contributed by atoms with Gasteiger partial charge < -0.3 is 10.1 Å². The van der Waals surface area contributed by atoms with Crippen molar-refractivity contribution in [1.82, 2.24) is 9.97 Å². The number of rotatable bonds is 4. The Morgan fingerprint density at radius 1 is 1.16 bits per heavy atom. The van der Waals surface area contributed by atoms with E-state index in [0.29, 0.717) is 5.56 Å². The van der Waals surface area contributed by atoms with Crippen molar-refractivity contribution in [3.05, 3.63) is 62.1 Å². The third-order valence-electron chi connectivity index (χ3n) is 2.34. The molecule has 0 amide bonds. The molecule has 0 bridgehead atoms. The van der Waals surface area contributed by atoms with Gasteiger partial charge in [-0.25, -0.2) is 9.97 Å². The van der Waals surface area contributed by atoms with Crippen LogP contribution in [0.15, 0.2) is 30.6 Å². The predicted molar refractivity (Wildman–Crippen MR) is 67.3 cm³/mol. The highest BCUT2D eigenvalue weighted by Gasteiger charge is 2.12. The van der Waals surface area contributed by atoms with Gasteiger partial charge in [0.25, 0.3) is 5.69 Å². The fourth-order valence-electron chi connectivity index (χ4n) is 1.48. The van der Waals surface area contributed by atoms with Crippen LogP contribution >= 0.6 is 0 Å². The topological polar surface area (TPSA) is 115 Å². The van der Waals surface area contributed by atoms with Crippen molar-refractivity contribution in [3.8, 4) is 0 Å². The average molecular weight is 260 g/mol. The van der Waals surface area contributed by atoms with Gasteiger partial charge in [0.05, 0.1) is 4.92 Å². The van der Waals surface area contributed by atoms with Crippen molar-refractivity contribution in [2.45, 2.75) is 0 Å². The Hall–Kier alpha value is -3.03. The van der Waals surface area contributed by atoms with Gasteiger partial charge in [-0.1, -0.05) is 18.2 Å². The Labute approximate surface area is 106 Å². The molecule has 0 saturated heterocycles. The van der Waals surface area contributed by atoms with Crippen LogP contribution in [0.4, 0.5) is 11.5 Å². The molecule has 19 heavy (non-hydrogen) atoms. The third kappa shape index (κ3) is 2.80. The van der Waals surface area contributed by atoms with Crippen LogP contribution in [0.1, 0.15) is 11.3 Å². The Morgan fingerprint density at radius 2 is 1.95 bits per heavy atom. The molecule has 0 spiro atoms. The number of benzene rings is 1.